The maximum Gasteiger partial charge on any atom is 0.263 e. The van der Waals surface area contributed by atoms with E-state index in [2.05, 4.69) is 42.3 Å². The first kappa shape index (κ1) is 24.4. The van der Waals surface area contributed by atoms with Gasteiger partial charge in [0, 0.05) is 36.3 Å². The second kappa shape index (κ2) is 10.3. The van der Waals surface area contributed by atoms with Crippen molar-refractivity contribution in [2.24, 2.45) is 0 Å². The predicted octanol–water partition coefficient (Wildman–Crippen LogP) is 5.46. The molecule has 6 heteroatoms. The van der Waals surface area contributed by atoms with Crippen molar-refractivity contribution in [1.29, 1.82) is 0 Å². The normalized spacial score (nSPS) is 15.4. The standard InChI is InChI=1S/C21H19N3O2.C10H10O/c1-14-4-2-5-17-16(14)7-8-19(17)24-13-3-6-18(21(24)26)20(25)23-15-9-11-22-12-10-15;1-7-3-2-4-9-8(7)5-6-10(9)11/h2-6,9-13,19H,7-8H2,1H3,(H,22,23,25);2-4H,5-6H2,1H3. The van der Waals surface area contributed by atoms with Gasteiger partial charge < -0.3 is 9.88 Å². The Morgan fingerprint density at radius 2 is 1.59 bits per heavy atom. The Labute approximate surface area is 216 Å². The summed E-state index contributed by atoms with van der Waals surface area (Å²) >= 11 is 0. The number of Topliss-reactive ketones (excluding diaryl/α,β-unsaturated/α-hetero) is 1. The third-order valence-corrected chi connectivity index (χ3v) is 7.28. The Kier molecular flexibility index (Phi) is 6.82. The summed E-state index contributed by atoms with van der Waals surface area (Å²) in [4.78, 5) is 40.7. The van der Waals surface area contributed by atoms with Gasteiger partial charge in [0.2, 0.25) is 0 Å². The molecule has 2 aromatic carbocycles. The van der Waals surface area contributed by atoms with Crippen LogP contribution in [-0.2, 0) is 12.8 Å². The number of nitrogens with zero attached hydrogens (tertiary/aromatic N) is 2. The largest absolute Gasteiger partial charge is 0.322 e. The molecule has 6 rings (SSSR count). The maximum absolute atomic E-state index is 13.0. The van der Waals surface area contributed by atoms with E-state index in [1.807, 2.05) is 18.2 Å². The highest BCUT2D eigenvalue weighted by Crippen LogP contribution is 2.35. The number of ketones is 1. The maximum atomic E-state index is 13.0. The van der Waals surface area contributed by atoms with E-state index in [-0.39, 0.29) is 17.2 Å². The monoisotopic (exact) mass is 491 g/mol. The zero-order valence-corrected chi connectivity index (χ0v) is 21.0. The fourth-order valence-electron chi connectivity index (χ4n) is 5.33. The summed E-state index contributed by atoms with van der Waals surface area (Å²) in [5.74, 6) is -0.0956. The zero-order valence-electron chi connectivity index (χ0n) is 21.0. The van der Waals surface area contributed by atoms with Crippen LogP contribution in [0.5, 0.6) is 0 Å². The minimum absolute atomic E-state index is 0.0222. The fraction of sp³-hybridized carbons (Fsp3) is 0.226. The molecule has 1 unspecified atom stereocenters. The van der Waals surface area contributed by atoms with Crippen LogP contribution in [0.3, 0.4) is 0 Å². The predicted molar refractivity (Wildman–Crippen MR) is 144 cm³/mol. The van der Waals surface area contributed by atoms with Crippen LogP contribution < -0.4 is 10.9 Å². The lowest BCUT2D eigenvalue weighted by atomic mass is 10.0. The van der Waals surface area contributed by atoms with Gasteiger partial charge in [-0.1, -0.05) is 36.4 Å². The molecular formula is C31H29N3O3. The van der Waals surface area contributed by atoms with Crippen LogP contribution in [0.4, 0.5) is 5.69 Å². The van der Waals surface area contributed by atoms with Gasteiger partial charge >= 0.3 is 0 Å². The lowest BCUT2D eigenvalue weighted by Crippen LogP contribution is -2.31. The van der Waals surface area contributed by atoms with Gasteiger partial charge in [0.1, 0.15) is 5.56 Å². The quantitative estimate of drug-likeness (QED) is 0.412. The number of aryl methyl sites for hydroxylation is 2. The molecule has 2 aliphatic carbocycles. The number of nitrogens with one attached hydrogen (secondary N) is 1. The third kappa shape index (κ3) is 4.87. The molecule has 1 atom stereocenters. The van der Waals surface area contributed by atoms with E-state index in [9.17, 15) is 14.4 Å². The van der Waals surface area contributed by atoms with Gasteiger partial charge in [0.15, 0.2) is 5.78 Å². The molecule has 186 valence electrons. The van der Waals surface area contributed by atoms with Gasteiger partial charge in [-0.3, -0.25) is 19.4 Å². The van der Waals surface area contributed by atoms with E-state index in [0.29, 0.717) is 17.9 Å². The molecule has 6 nitrogen and oxygen atoms in total. The second-order valence-corrected chi connectivity index (χ2v) is 9.55. The first-order valence-corrected chi connectivity index (χ1v) is 12.6. The number of amides is 1. The summed E-state index contributed by atoms with van der Waals surface area (Å²) in [7, 11) is 0. The molecule has 2 aromatic heterocycles. The molecule has 0 spiro atoms. The van der Waals surface area contributed by atoms with Crippen LogP contribution in [-0.4, -0.2) is 21.2 Å². The van der Waals surface area contributed by atoms with E-state index < -0.39 is 5.91 Å². The number of rotatable bonds is 3. The van der Waals surface area contributed by atoms with E-state index in [4.69, 9.17) is 0 Å². The molecule has 37 heavy (non-hydrogen) atoms. The number of pyridine rings is 2. The Balaban J connectivity index is 0.000000212. The van der Waals surface area contributed by atoms with Crippen molar-refractivity contribution >= 4 is 17.4 Å². The van der Waals surface area contributed by atoms with Gasteiger partial charge in [0.05, 0.1) is 6.04 Å². The fourth-order valence-corrected chi connectivity index (χ4v) is 5.33. The van der Waals surface area contributed by atoms with Crippen LogP contribution >= 0.6 is 0 Å². The molecular weight excluding hydrogens is 462 g/mol. The van der Waals surface area contributed by atoms with Crippen LogP contribution in [0, 0.1) is 13.8 Å². The molecule has 2 aliphatic rings. The number of anilines is 1. The van der Waals surface area contributed by atoms with E-state index in [1.165, 1.54) is 27.8 Å². The molecule has 0 fully saturated rings. The van der Waals surface area contributed by atoms with Crippen molar-refractivity contribution in [3.05, 3.63) is 129 Å². The highest BCUT2D eigenvalue weighted by molar-refractivity contribution is 6.04. The molecule has 0 bridgehead atoms. The number of hydrogen-bond donors (Lipinski definition) is 1. The van der Waals surface area contributed by atoms with Crippen LogP contribution in [0.1, 0.15) is 67.4 Å². The highest BCUT2D eigenvalue weighted by Gasteiger charge is 2.26. The van der Waals surface area contributed by atoms with Crippen molar-refractivity contribution in [2.75, 3.05) is 5.32 Å². The lowest BCUT2D eigenvalue weighted by Gasteiger charge is -2.17. The summed E-state index contributed by atoms with van der Waals surface area (Å²) in [5.41, 5.74) is 7.71. The number of carbonyl (C=O) groups excluding carboxylic acids is 2. The number of hydrogen-bond acceptors (Lipinski definition) is 4. The van der Waals surface area contributed by atoms with E-state index >= 15 is 0 Å². The Morgan fingerprint density at radius 1 is 0.865 bits per heavy atom. The topological polar surface area (TPSA) is 81.1 Å². The van der Waals surface area contributed by atoms with E-state index in [1.54, 1.807) is 47.4 Å². The highest BCUT2D eigenvalue weighted by atomic mass is 16.2. The van der Waals surface area contributed by atoms with Crippen LogP contribution in [0.25, 0.3) is 0 Å². The molecule has 1 N–H and O–H groups in total. The molecule has 2 heterocycles. The number of fused-ring (bicyclic) bond motifs is 2. The summed E-state index contributed by atoms with van der Waals surface area (Å²) in [5, 5.41) is 2.75. The van der Waals surface area contributed by atoms with Crippen molar-refractivity contribution in [3.63, 3.8) is 0 Å². The molecule has 0 aliphatic heterocycles. The van der Waals surface area contributed by atoms with Gasteiger partial charge in [-0.05, 0) is 85.2 Å². The molecule has 0 saturated carbocycles. The molecule has 0 radical (unpaired) electrons. The first-order valence-electron chi connectivity index (χ1n) is 12.6. The second-order valence-electron chi connectivity index (χ2n) is 9.55. The summed E-state index contributed by atoms with van der Waals surface area (Å²) < 4.78 is 1.69. The summed E-state index contributed by atoms with van der Waals surface area (Å²) in [6, 6.07) is 18.8. The smallest absolute Gasteiger partial charge is 0.263 e. The van der Waals surface area contributed by atoms with Crippen LogP contribution in [0.2, 0.25) is 0 Å². The van der Waals surface area contributed by atoms with Crippen molar-refractivity contribution in [1.82, 2.24) is 9.55 Å². The Morgan fingerprint density at radius 3 is 2.35 bits per heavy atom. The number of aromatic nitrogens is 2. The third-order valence-electron chi connectivity index (χ3n) is 7.28. The lowest BCUT2D eigenvalue weighted by molar-refractivity contribution is 0.0992. The summed E-state index contributed by atoms with van der Waals surface area (Å²) in [6.45, 7) is 4.17. The molecule has 4 aromatic rings. The van der Waals surface area contributed by atoms with Crippen molar-refractivity contribution in [3.8, 4) is 0 Å². The van der Waals surface area contributed by atoms with Gasteiger partial charge in [0.25, 0.3) is 11.5 Å². The van der Waals surface area contributed by atoms with E-state index in [0.717, 1.165) is 24.8 Å². The molecule has 0 saturated heterocycles. The Hall–Kier alpha value is -4.32. The van der Waals surface area contributed by atoms with Gasteiger partial charge in [-0.25, -0.2) is 0 Å². The van der Waals surface area contributed by atoms with Crippen molar-refractivity contribution < 1.29 is 9.59 Å². The minimum Gasteiger partial charge on any atom is -0.322 e. The number of carbonyl (C=O) groups is 2. The average Bonchev–Trinajstić information content (AvgIpc) is 3.51. The van der Waals surface area contributed by atoms with Gasteiger partial charge in [-0.2, -0.15) is 0 Å². The first-order chi connectivity index (χ1) is 17.9. The van der Waals surface area contributed by atoms with Crippen molar-refractivity contribution in [2.45, 2.75) is 45.6 Å². The van der Waals surface area contributed by atoms with Crippen LogP contribution in [0.15, 0.2) is 84.0 Å². The summed E-state index contributed by atoms with van der Waals surface area (Å²) in [6.07, 6.45) is 8.43. The zero-order chi connectivity index (χ0) is 25.9. The number of benzene rings is 2. The SMILES string of the molecule is Cc1cccc2c1CCC2=O.Cc1cccc2c1CCC2n1cccc(C(=O)Nc2ccncc2)c1=O. The van der Waals surface area contributed by atoms with Gasteiger partial charge in [-0.15, -0.1) is 0 Å². The average molecular weight is 492 g/mol. The minimum atomic E-state index is -0.405. The molecule has 1 amide bonds. The Bertz CT molecular complexity index is 1540.